The molecule has 18 heavy (non-hydrogen) atoms. The molecule has 3 nitrogen and oxygen atoms in total. The zero-order valence-corrected chi connectivity index (χ0v) is 10.6. The summed E-state index contributed by atoms with van der Waals surface area (Å²) < 4.78 is 39.3. The van der Waals surface area contributed by atoms with Gasteiger partial charge in [0.15, 0.2) is 0 Å². The summed E-state index contributed by atoms with van der Waals surface area (Å²) in [6.07, 6.45) is -3.26. The second-order valence-electron chi connectivity index (χ2n) is 5.30. The second-order valence-corrected chi connectivity index (χ2v) is 5.30. The number of imidazole rings is 1. The molecule has 2 rings (SSSR count). The number of hydrogen-bond acceptors (Lipinski definition) is 2. The number of halogens is 3. The van der Waals surface area contributed by atoms with Crippen LogP contribution in [0.25, 0.3) is 5.65 Å². The lowest BCUT2D eigenvalue weighted by Crippen LogP contribution is -2.13. The quantitative estimate of drug-likeness (QED) is 0.724. The van der Waals surface area contributed by atoms with Crippen LogP contribution in [0.5, 0.6) is 0 Å². The lowest BCUT2D eigenvalue weighted by atomic mass is 9.91. The van der Waals surface area contributed by atoms with Gasteiger partial charge in [0.1, 0.15) is 17.7 Å². The number of alkyl halides is 3. The van der Waals surface area contributed by atoms with Crippen LogP contribution in [0.1, 0.15) is 37.9 Å². The Morgan fingerprint density at radius 1 is 1.17 bits per heavy atom. The van der Waals surface area contributed by atoms with Gasteiger partial charge in [0.25, 0.3) is 0 Å². The highest BCUT2D eigenvalue weighted by Gasteiger charge is 2.33. The van der Waals surface area contributed by atoms with Crippen molar-refractivity contribution in [1.82, 2.24) is 14.4 Å². The van der Waals surface area contributed by atoms with E-state index in [2.05, 4.69) is 9.97 Å². The van der Waals surface area contributed by atoms with Crippen molar-refractivity contribution in [2.24, 2.45) is 0 Å². The first-order chi connectivity index (χ1) is 8.10. The van der Waals surface area contributed by atoms with Crippen LogP contribution in [0.3, 0.4) is 0 Å². The zero-order valence-electron chi connectivity index (χ0n) is 10.6. The van der Waals surface area contributed by atoms with Crippen molar-refractivity contribution in [3.63, 3.8) is 0 Å². The Hall–Kier alpha value is -1.59. The maximum atomic E-state index is 12.6. The Morgan fingerprint density at radius 2 is 1.78 bits per heavy atom. The Balaban J connectivity index is 2.67. The molecule has 6 heteroatoms. The van der Waals surface area contributed by atoms with E-state index in [1.807, 2.05) is 27.7 Å². The minimum atomic E-state index is -4.44. The Kier molecular flexibility index (Phi) is 2.64. The highest BCUT2D eigenvalue weighted by molar-refractivity contribution is 5.45. The summed E-state index contributed by atoms with van der Waals surface area (Å²) in [5, 5.41) is 0. The second kappa shape index (κ2) is 3.70. The van der Waals surface area contributed by atoms with E-state index in [-0.39, 0.29) is 11.1 Å². The molecular weight excluding hydrogens is 243 g/mol. The number of hydrogen-bond donors (Lipinski definition) is 0. The van der Waals surface area contributed by atoms with Gasteiger partial charge >= 0.3 is 6.18 Å². The molecule has 2 aromatic rings. The average Bonchev–Trinajstić information content (AvgIpc) is 2.54. The molecule has 0 saturated heterocycles. The SMILES string of the molecule is Cc1c(C(C)(C)C)nc2cc(C(F)(F)F)ncn12. The van der Waals surface area contributed by atoms with E-state index in [1.54, 1.807) is 4.40 Å². The van der Waals surface area contributed by atoms with E-state index >= 15 is 0 Å². The van der Waals surface area contributed by atoms with Gasteiger partial charge in [-0.05, 0) is 6.92 Å². The molecule has 0 bridgehead atoms. The molecule has 2 heterocycles. The summed E-state index contributed by atoms with van der Waals surface area (Å²) in [5.41, 5.74) is 0.747. The number of nitrogens with zero attached hydrogens (tertiary/aromatic N) is 3. The fourth-order valence-electron chi connectivity index (χ4n) is 1.93. The molecule has 0 spiro atoms. The van der Waals surface area contributed by atoms with Crippen molar-refractivity contribution < 1.29 is 13.2 Å². The predicted octanol–water partition coefficient (Wildman–Crippen LogP) is 3.35. The molecule has 0 aliphatic heterocycles. The zero-order chi connectivity index (χ0) is 13.7. The van der Waals surface area contributed by atoms with Crippen LogP contribution in [0.4, 0.5) is 13.2 Å². The number of fused-ring (bicyclic) bond motifs is 1. The molecular formula is C12H14F3N3. The highest BCUT2D eigenvalue weighted by Crippen LogP contribution is 2.30. The topological polar surface area (TPSA) is 30.2 Å². The highest BCUT2D eigenvalue weighted by atomic mass is 19.4. The fourth-order valence-corrected chi connectivity index (χ4v) is 1.93. The number of rotatable bonds is 0. The lowest BCUT2D eigenvalue weighted by Gasteiger charge is -2.16. The largest absolute Gasteiger partial charge is 0.433 e. The van der Waals surface area contributed by atoms with Crippen LogP contribution in [-0.4, -0.2) is 14.4 Å². The van der Waals surface area contributed by atoms with Gasteiger partial charge in [-0.25, -0.2) is 9.97 Å². The third-order valence-electron chi connectivity index (χ3n) is 2.76. The van der Waals surface area contributed by atoms with Gasteiger partial charge in [0.05, 0.1) is 5.69 Å². The van der Waals surface area contributed by atoms with Crippen LogP contribution in [0, 0.1) is 6.92 Å². The summed E-state index contributed by atoms with van der Waals surface area (Å²) in [7, 11) is 0. The Morgan fingerprint density at radius 3 is 2.28 bits per heavy atom. The molecule has 0 saturated carbocycles. The summed E-state index contributed by atoms with van der Waals surface area (Å²) in [4.78, 5) is 7.71. The van der Waals surface area contributed by atoms with Crippen LogP contribution in [0.15, 0.2) is 12.4 Å². The summed E-state index contributed by atoms with van der Waals surface area (Å²) in [6, 6.07) is 0.974. The normalized spacial score (nSPS) is 13.3. The lowest BCUT2D eigenvalue weighted by molar-refractivity contribution is -0.141. The Bertz CT molecular complexity index is 591. The monoisotopic (exact) mass is 257 g/mol. The van der Waals surface area contributed by atoms with Gasteiger partial charge in [0, 0.05) is 17.2 Å². The van der Waals surface area contributed by atoms with Gasteiger partial charge in [0.2, 0.25) is 0 Å². The fraction of sp³-hybridized carbons (Fsp3) is 0.500. The van der Waals surface area contributed by atoms with Gasteiger partial charge in [-0.3, -0.25) is 4.40 Å². The van der Waals surface area contributed by atoms with Gasteiger partial charge in [-0.2, -0.15) is 13.2 Å². The summed E-state index contributed by atoms with van der Waals surface area (Å²) in [5.74, 6) is 0. The molecule has 0 fully saturated rings. The molecule has 0 amide bonds. The van der Waals surface area contributed by atoms with E-state index in [9.17, 15) is 13.2 Å². The third kappa shape index (κ3) is 2.07. The van der Waals surface area contributed by atoms with Crippen molar-refractivity contribution in [3.8, 4) is 0 Å². The molecule has 0 radical (unpaired) electrons. The van der Waals surface area contributed by atoms with Gasteiger partial charge in [-0.1, -0.05) is 20.8 Å². The first-order valence-electron chi connectivity index (χ1n) is 5.53. The number of aromatic nitrogens is 3. The van der Waals surface area contributed by atoms with Gasteiger partial charge < -0.3 is 0 Å². The molecule has 0 atom stereocenters. The van der Waals surface area contributed by atoms with Gasteiger partial charge in [-0.15, -0.1) is 0 Å². The van der Waals surface area contributed by atoms with Crippen molar-refractivity contribution in [2.75, 3.05) is 0 Å². The minimum Gasteiger partial charge on any atom is -0.287 e. The molecule has 0 unspecified atom stereocenters. The molecule has 0 N–H and O–H groups in total. The predicted molar refractivity (Wildman–Crippen MR) is 61.4 cm³/mol. The van der Waals surface area contributed by atoms with Crippen LogP contribution >= 0.6 is 0 Å². The molecule has 0 aromatic carbocycles. The van der Waals surface area contributed by atoms with E-state index in [4.69, 9.17) is 0 Å². The van der Waals surface area contributed by atoms with E-state index in [0.717, 1.165) is 17.5 Å². The smallest absolute Gasteiger partial charge is 0.287 e. The van der Waals surface area contributed by atoms with E-state index in [0.29, 0.717) is 0 Å². The van der Waals surface area contributed by atoms with Crippen LogP contribution in [0.2, 0.25) is 0 Å². The number of aryl methyl sites for hydroxylation is 1. The first kappa shape index (κ1) is 12.9. The van der Waals surface area contributed by atoms with E-state index < -0.39 is 11.9 Å². The minimum absolute atomic E-state index is 0.214. The summed E-state index contributed by atoms with van der Waals surface area (Å²) >= 11 is 0. The Labute approximate surface area is 103 Å². The average molecular weight is 257 g/mol. The van der Waals surface area contributed by atoms with Crippen molar-refractivity contribution >= 4 is 5.65 Å². The van der Waals surface area contributed by atoms with Crippen molar-refractivity contribution in [2.45, 2.75) is 39.3 Å². The third-order valence-corrected chi connectivity index (χ3v) is 2.76. The van der Waals surface area contributed by atoms with Crippen LogP contribution < -0.4 is 0 Å². The molecule has 0 aliphatic rings. The van der Waals surface area contributed by atoms with Crippen molar-refractivity contribution in [1.29, 1.82) is 0 Å². The maximum absolute atomic E-state index is 12.6. The summed E-state index contributed by atoms with van der Waals surface area (Å²) in [6.45, 7) is 7.75. The maximum Gasteiger partial charge on any atom is 0.433 e. The standard InChI is InChI=1S/C12H14F3N3/c1-7-10(11(2,3)4)17-9-5-8(12(13,14)15)16-6-18(7)9/h5-6H,1-4H3. The molecule has 98 valence electrons. The molecule has 2 aromatic heterocycles. The first-order valence-corrected chi connectivity index (χ1v) is 5.53. The van der Waals surface area contributed by atoms with Crippen molar-refractivity contribution in [3.05, 3.63) is 29.5 Å². The van der Waals surface area contributed by atoms with Crippen LogP contribution in [-0.2, 0) is 11.6 Å². The molecule has 0 aliphatic carbocycles. The van der Waals surface area contributed by atoms with E-state index in [1.165, 1.54) is 6.33 Å².